The summed E-state index contributed by atoms with van der Waals surface area (Å²) in [4.78, 5) is 12.5. The van der Waals surface area contributed by atoms with Gasteiger partial charge in [0.15, 0.2) is 11.5 Å². The Balaban J connectivity index is 1.79. The summed E-state index contributed by atoms with van der Waals surface area (Å²) >= 11 is 6.12. The predicted octanol–water partition coefficient (Wildman–Crippen LogP) is 3.15. The zero-order valence-electron chi connectivity index (χ0n) is 15.5. The standard InChI is InChI=1S/C19H21ClN2O5S/c1-3-22(4-2)28(24,25)18-11-13(9-10-14(18)20)21-19(23)17-12-26-15-7-5-6-8-16(15)27-17/h5-11,17H,3-4,12H2,1-2H3,(H,21,23)/t17-/m1/s1. The van der Waals surface area contributed by atoms with Crippen LogP contribution in [0.5, 0.6) is 11.5 Å². The van der Waals surface area contributed by atoms with Gasteiger partial charge in [-0.25, -0.2) is 8.42 Å². The Morgan fingerprint density at radius 2 is 1.86 bits per heavy atom. The zero-order valence-corrected chi connectivity index (χ0v) is 17.1. The Labute approximate surface area is 169 Å². The van der Waals surface area contributed by atoms with Crippen molar-refractivity contribution in [2.45, 2.75) is 24.8 Å². The summed E-state index contributed by atoms with van der Waals surface area (Å²) in [5.74, 6) is 0.614. The molecule has 0 saturated heterocycles. The van der Waals surface area contributed by atoms with E-state index in [0.717, 1.165) is 0 Å². The smallest absolute Gasteiger partial charge is 0.269 e. The van der Waals surface area contributed by atoms with Crippen molar-refractivity contribution in [1.82, 2.24) is 4.31 Å². The lowest BCUT2D eigenvalue weighted by atomic mass is 10.2. The molecule has 0 aromatic heterocycles. The van der Waals surface area contributed by atoms with E-state index in [1.807, 2.05) is 6.07 Å². The van der Waals surface area contributed by atoms with Gasteiger partial charge in [0.1, 0.15) is 11.5 Å². The van der Waals surface area contributed by atoms with Crippen molar-refractivity contribution in [2.24, 2.45) is 0 Å². The lowest BCUT2D eigenvalue weighted by molar-refractivity contribution is -0.125. The summed E-state index contributed by atoms with van der Waals surface area (Å²) in [5, 5.41) is 2.77. The second-order valence-corrected chi connectivity index (χ2v) is 8.40. The number of anilines is 1. The van der Waals surface area contributed by atoms with Gasteiger partial charge in [0.25, 0.3) is 5.91 Å². The first kappa shape index (κ1) is 20.4. The number of benzene rings is 2. The molecule has 0 bridgehead atoms. The summed E-state index contributed by atoms with van der Waals surface area (Å²) in [6.07, 6.45) is -0.853. The van der Waals surface area contributed by atoms with E-state index >= 15 is 0 Å². The minimum Gasteiger partial charge on any atom is -0.485 e. The third kappa shape index (κ3) is 4.09. The van der Waals surface area contributed by atoms with Gasteiger partial charge in [-0.1, -0.05) is 37.6 Å². The first-order chi connectivity index (χ1) is 13.4. The summed E-state index contributed by atoms with van der Waals surface area (Å²) in [7, 11) is -3.76. The van der Waals surface area contributed by atoms with Gasteiger partial charge in [0.2, 0.25) is 16.1 Å². The van der Waals surface area contributed by atoms with E-state index < -0.39 is 22.0 Å². The lowest BCUT2D eigenvalue weighted by Crippen LogP contribution is -2.40. The number of hydrogen-bond donors (Lipinski definition) is 1. The minimum absolute atomic E-state index is 0.0539. The van der Waals surface area contributed by atoms with Crippen LogP contribution in [0, 0.1) is 0 Å². The van der Waals surface area contributed by atoms with Gasteiger partial charge in [-0.3, -0.25) is 4.79 Å². The monoisotopic (exact) mass is 424 g/mol. The Kier molecular flexibility index (Phi) is 6.12. The number of amides is 1. The average Bonchev–Trinajstić information content (AvgIpc) is 2.69. The van der Waals surface area contributed by atoms with Crippen LogP contribution in [-0.2, 0) is 14.8 Å². The molecule has 1 amide bonds. The molecule has 0 aliphatic carbocycles. The molecule has 0 unspecified atom stereocenters. The number of fused-ring (bicyclic) bond motifs is 1. The molecule has 3 rings (SSSR count). The highest BCUT2D eigenvalue weighted by molar-refractivity contribution is 7.89. The van der Waals surface area contributed by atoms with Crippen molar-refractivity contribution in [3.05, 3.63) is 47.5 Å². The fraction of sp³-hybridized carbons (Fsp3) is 0.316. The predicted molar refractivity (Wildman–Crippen MR) is 107 cm³/mol. The molecule has 0 saturated carbocycles. The van der Waals surface area contributed by atoms with E-state index in [-0.39, 0.29) is 16.5 Å². The molecule has 7 nitrogen and oxygen atoms in total. The van der Waals surface area contributed by atoms with E-state index in [4.69, 9.17) is 21.1 Å². The van der Waals surface area contributed by atoms with Gasteiger partial charge in [0, 0.05) is 18.8 Å². The van der Waals surface area contributed by atoms with Gasteiger partial charge < -0.3 is 14.8 Å². The summed E-state index contributed by atoms with van der Waals surface area (Å²) < 4.78 is 38.1. The molecule has 2 aromatic rings. The molecule has 28 heavy (non-hydrogen) atoms. The second kappa shape index (κ2) is 8.38. The van der Waals surface area contributed by atoms with Crippen molar-refractivity contribution < 1.29 is 22.7 Å². The molecule has 2 aromatic carbocycles. The van der Waals surface area contributed by atoms with Crippen LogP contribution < -0.4 is 14.8 Å². The van der Waals surface area contributed by atoms with Gasteiger partial charge in [-0.2, -0.15) is 4.31 Å². The van der Waals surface area contributed by atoms with Gasteiger partial charge >= 0.3 is 0 Å². The third-order valence-electron chi connectivity index (χ3n) is 4.32. The molecular formula is C19H21ClN2O5S. The molecular weight excluding hydrogens is 404 g/mol. The van der Waals surface area contributed by atoms with Crippen molar-refractivity contribution in [1.29, 1.82) is 0 Å². The largest absolute Gasteiger partial charge is 0.485 e. The molecule has 0 spiro atoms. The van der Waals surface area contributed by atoms with Gasteiger partial charge in [0.05, 0.1) is 5.02 Å². The van der Waals surface area contributed by atoms with E-state index in [0.29, 0.717) is 30.3 Å². The number of carbonyl (C=O) groups is 1. The lowest BCUT2D eigenvalue weighted by Gasteiger charge is -2.25. The molecule has 1 atom stereocenters. The first-order valence-electron chi connectivity index (χ1n) is 8.85. The highest BCUT2D eigenvalue weighted by atomic mass is 35.5. The van der Waals surface area contributed by atoms with Crippen molar-refractivity contribution in [2.75, 3.05) is 25.0 Å². The summed E-state index contributed by atoms with van der Waals surface area (Å²) in [6.45, 7) is 4.19. The highest BCUT2D eigenvalue weighted by Crippen LogP contribution is 2.32. The zero-order chi connectivity index (χ0) is 20.3. The van der Waals surface area contributed by atoms with Crippen LogP contribution >= 0.6 is 11.6 Å². The molecule has 1 aliphatic heterocycles. The van der Waals surface area contributed by atoms with Crippen LogP contribution in [-0.4, -0.2) is 44.4 Å². The average molecular weight is 425 g/mol. The number of ether oxygens (including phenoxy) is 2. The molecule has 1 heterocycles. The van der Waals surface area contributed by atoms with E-state index in [1.54, 1.807) is 38.1 Å². The number of nitrogens with zero attached hydrogens (tertiary/aromatic N) is 1. The van der Waals surface area contributed by atoms with Crippen LogP contribution in [0.2, 0.25) is 5.02 Å². The minimum atomic E-state index is -3.76. The van der Waals surface area contributed by atoms with Crippen LogP contribution in [0.4, 0.5) is 5.69 Å². The van der Waals surface area contributed by atoms with Crippen LogP contribution in [0.1, 0.15) is 13.8 Å². The number of carbonyl (C=O) groups excluding carboxylic acids is 1. The molecule has 0 radical (unpaired) electrons. The number of para-hydroxylation sites is 2. The highest BCUT2D eigenvalue weighted by Gasteiger charge is 2.29. The molecule has 1 aliphatic rings. The van der Waals surface area contributed by atoms with E-state index in [9.17, 15) is 13.2 Å². The number of nitrogens with one attached hydrogen (secondary N) is 1. The van der Waals surface area contributed by atoms with Crippen LogP contribution in [0.15, 0.2) is 47.4 Å². The van der Waals surface area contributed by atoms with Gasteiger partial charge in [-0.05, 0) is 30.3 Å². The molecule has 1 N–H and O–H groups in total. The van der Waals surface area contributed by atoms with E-state index in [2.05, 4.69) is 5.32 Å². The maximum atomic E-state index is 12.8. The normalized spacial score (nSPS) is 16.1. The first-order valence-corrected chi connectivity index (χ1v) is 10.7. The van der Waals surface area contributed by atoms with Crippen LogP contribution in [0.3, 0.4) is 0 Å². The van der Waals surface area contributed by atoms with Gasteiger partial charge in [-0.15, -0.1) is 0 Å². The number of halogens is 1. The van der Waals surface area contributed by atoms with Crippen molar-refractivity contribution >= 4 is 33.2 Å². The van der Waals surface area contributed by atoms with Crippen molar-refractivity contribution in [3.63, 3.8) is 0 Å². The van der Waals surface area contributed by atoms with Crippen molar-refractivity contribution in [3.8, 4) is 11.5 Å². The Bertz CT molecular complexity index is 976. The second-order valence-electron chi connectivity index (χ2n) is 6.09. The Hall–Kier alpha value is -2.29. The fourth-order valence-electron chi connectivity index (χ4n) is 2.85. The fourth-order valence-corrected chi connectivity index (χ4v) is 4.81. The Morgan fingerprint density at radius 3 is 2.54 bits per heavy atom. The number of hydrogen-bond acceptors (Lipinski definition) is 5. The quantitative estimate of drug-likeness (QED) is 0.769. The topological polar surface area (TPSA) is 84.9 Å². The summed E-state index contributed by atoms with van der Waals surface area (Å²) in [5.41, 5.74) is 0.308. The number of rotatable bonds is 6. The molecule has 150 valence electrons. The van der Waals surface area contributed by atoms with Crippen LogP contribution in [0.25, 0.3) is 0 Å². The third-order valence-corrected chi connectivity index (χ3v) is 6.85. The Morgan fingerprint density at radius 1 is 1.18 bits per heavy atom. The molecule has 0 fully saturated rings. The SMILES string of the molecule is CCN(CC)S(=O)(=O)c1cc(NC(=O)[C@H]2COc3ccccc3O2)ccc1Cl. The summed E-state index contributed by atoms with van der Waals surface area (Å²) in [6, 6.07) is 11.4. The maximum Gasteiger partial charge on any atom is 0.269 e. The number of sulfonamides is 1. The maximum absolute atomic E-state index is 12.8. The molecule has 9 heteroatoms. The van der Waals surface area contributed by atoms with E-state index in [1.165, 1.54) is 16.4 Å².